The molecule has 1 aliphatic heterocycles. The van der Waals surface area contributed by atoms with Crippen molar-refractivity contribution in [3.8, 4) is 17.6 Å². The molecule has 1 aliphatic rings. The van der Waals surface area contributed by atoms with Crippen molar-refractivity contribution in [2.24, 2.45) is 5.73 Å². The summed E-state index contributed by atoms with van der Waals surface area (Å²) in [4.78, 5) is 23.9. The highest BCUT2D eigenvalue weighted by atomic mass is 16.6. The molecule has 0 amide bonds. The first-order chi connectivity index (χ1) is 15.9. The summed E-state index contributed by atoms with van der Waals surface area (Å²) in [5.74, 6) is -1.23. The van der Waals surface area contributed by atoms with E-state index in [-0.39, 0.29) is 40.6 Å². The number of carbonyl (C=O) groups is 1. The van der Waals surface area contributed by atoms with E-state index < -0.39 is 16.8 Å². The van der Waals surface area contributed by atoms with Crippen LogP contribution < -0.4 is 15.2 Å². The number of nitro groups is 1. The number of esters is 1. The van der Waals surface area contributed by atoms with E-state index in [1.807, 2.05) is 6.07 Å². The SMILES string of the molecule is CCOC(=O)C1=C(c2cccc([N+](=O)[O-])c2)OC(N)=C(C#N)C1c1ccc(OC)cc1OC. The molecular weight excluding hydrogens is 430 g/mol. The number of hydrogen-bond donors (Lipinski definition) is 1. The number of nitrogens with two attached hydrogens (primary N) is 1. The fourth-order valence-corrected chi connectivity index (χ4v) is 3.52. The molecule has 2 aromatic rings. The maximum atomic E-state index is 13.1. The smallest absolute Gasteiger partial charge is 0.338 e. The van der Waals surface area contributed by atoms with E-state index in [2.05, 4.69) is 0 Å². The Morgan fingerprint density at radius 3 is 2.61 bits per heavy atom. The molecule has 2 aromatic carbocycles. The van der Waals surface area contributed by atoms with Gasteiger partial charge in [0, 0.05) is 29.3 Å². The van der Waals surface area contributed by atoms with Crippen LogP contribution in [0, 0.1) is 21.4 Å². The fourth-order valence-electron chi connectivity index (χ4n) is 3.52. The number of nitro benzene ring substituents is 1. The Kier molecular flexibility index (Phi) is 6.83. The lowest BCUT2D eigenvalue weighted by Crippen LogP contribution is -2.26. The predicted molar refractivity (Wildman–Crippen MR) is 117 cm³/mol. The Morgan fingerprint density at radius 1 is 1.24 bits per heavy atom. The maximum Gasteiger partial charge on any atom is 0.338 e. The van der Waals surface area contributed by atoms with Crippen LogP contribution in [0.1, 0.15) is 24.0 Å². The molecule has 1 unspecified atom stereocenters. The summed E-state index contributed by atoms with van der Waals surface area (Å²) in [5, 5.41) is 21.2. The van der Waals surface area contributed by atoms with Gasteiger partial charge >= 0.3 is 5.97 Å². The van der Waals surface area contributed by atoms with E-state index in [1.54, 1.807) is 25.1 Å². The van der Waals surface area contributed by atoms with Gasteiger partial charge in [-0.2, -0.15) is 5.26 Å². The van der Waals surface area contributed by atoms with E-state index in [9.17, 15) is 20.2 Å². The number of allylic oxidation sites excluding steroid dienone is 1. The van der Waals surface area contributed by atoms with Crippen LogP contribution in [0.3, 0.4) is 0 Å². The summed E-state index contributed by atoms with van der Waals surface area (Å²) >= 11 is 0. The Bertz CT molecular complexity index is 1210. The van der Waals surface area contributed by atoms with Gasteiger partial charge in [0.25, 0.3) is 5.69 Å². The third kappa shape index (κ3) is 4.43. The third-order valence-corrected chi connectivity index (χ3v) is 4.99. The van der Waals surface area contributed by atoms with Crippen molar-refractivity contribution in [1.82, 2.24) is 0 Å². The van der Waals surface area contributed by atoms with Crippen LogP contribution in [0.2, 0.25) is 0 Å². The Balaban J connectivity index is 2.35. The van der Waals surface area contributed by atoms with Crippen LogP contribution in [0.4, 0.5) is 5.69 Å². The van der Waals surface area contributed by atoms with Gasteiger partial charge in [0.1, 0.15) is 28.9 Å². The zero-order chi connectivity index (χ0) is 24.1. The molecule has 10 nitrogen and oxygen atoms in total. The van der Waals surface area contributed by atoms with Crippen molar-refractivity contribution in [2.45, 2.75) is 12.8 Å². The van der Waals surface area contributed by atoms with Gasteiger partial charge in [-0.1, -0.05) is 18.2 Å². The van der Waals surface area contributed by atoms with E-state index in [1.165, 1.54) is 38.5 Å². The molecule has 1 heterocycles. The van der Waals surface area contributed by atoms with Gasteiger partial charge in [-0.05, 0) is 13.0 Å². The van der Waals surface area contributed by atoms with Gasteiger partial charge in [-0.3, -0.25) is 10.1 Å². The monoisotopic (exact) mass is 451 g/mol. The second-order valence-electron chi connectivity index (χ2n) is 6.80. The summed E-state index contributed by atoms with van der Waals surface area (Å²) in [5.41, 5.74) is 6.46. The highest BCUT2D eigenvalue weighted by Gasteiger charge is 2.40. The van der Waals surface area contributed by atoms with Gasteiger partial charge in [0.2, 0.25) is 5.88 Å². The van der Waals surface area contributed by atoms with Crippen LogP contribution in [-0.4, -0.2) is 31.7 Å². The molecule has 2 N–H and O–H groups in total. The summed E-state index contributed by atoms with van der Waals surface area (Å²) < 4.78 is 21.7. The van der Waals surface area contributed by atoms with Crippen molar-refractivity contribution >= 4 is 17.4 Å². The van der Waals surface area contributed by atoms with Crippen LogP contribution in [0.25, 0.3) is 5.76 Å². The standard InChI is InChI=1S/C23H21N3O7/c1-4-32-23(27)20-19(16-9-8-15(30-2)11-18(16)31-3)17(12-24)22(25)33-21(20)13-6-5-7-14(10-13)26(28)29/h5-11,19H,4,25H2,1-3H3. The molecule has 33 heavy (non-hydrogen) atoms. The van der Waals surface area contributed by atoms with E-state index in [0.717, 1.165) is 0 Å². The normalized spacial score (nSPS) is 15.4. The lowest BCUT2D eigenvalue weighted by Gasteiger charge is -2.29. The van der Waals surface area contributed by atoms with Crippen molar-refractivity contribution in [3.05, 3.63) is 80.7 Å². The van der Waals surface area contributed by atoms with Crippen molar-refractivity contribution in [3.63, 3.8) is 0 Å². The molecule has 1 atom stereocenters. The molecule has 0 bridgehead atoms. The second-order valence-corrected chi connectivity index (χ2v) is 6.80. The van der Waals surface area contributed by atoms with Crippen molar-refractivity contribution in [1.29, 1.82) is 5.26 Å². The first-order valence-corrected chi connectivity index (χ1v) is 9.81. The summed E-state index contributed by atoms with van der Waals surface area (Å²) in [6.45, 7) is 1.69. The largest absolute Gasteiger partial charge is 0.497 e. The lowest BCUT2D eigenvalue weighted by atomic mass is 9.81. The Hall–Kier alpha value is -4.52. The first kappa shape index (κ1) is 23.1. The molecule has 10 heteroatoms. The summed E-state index contributed by atoms with van der Waals surface area (Å²) in [6, 6.07) is 12.4. The molecule has 0 fully saturated rings. The molecule has 0 saturated carbocycles. The Labute approximate surface area is 189 Å². The fraction of sp³-hybridized carbons (Fsp3) is 0.217. The third-order valence-electron chi connectivity index (χ3n) is 4.99. The number of carbonyl (C=O) groups excluding carboxylic acids is 1. The van der Waals surface area contributed by atoms with Gasteiger partial charge in [-0.15, -0.1) is 0 Å². The van der Waals surface area contributed by atoms with E-state index in [4.69, 9.17) is 24.7 Å². The van der Waals surface area contributed by atoms with Crippen LogP contribution in [0.15, 0.2) is 59.5 Å². The minimum Gasteiger partial charge on any atom is -0.497 e. The van der Waals surface area contributed by atoms with Crippen molar-refractivity contribution < 1.29 is 28.7 Å². The van der Waals surface area contributed by atoms with E-state index in [0.29, 0.717) is 17.1 Å². The van der Waals surface area contributed by atoms with Crippen LogP contribution in [-0.2, 0) is 14.3 Å². The zero-order valence-corrected chi connectivity index (χ0v) is 18.2. The maximum absolute atomic E-state index is 13.1. The minimum atomic E-state index is -1.02. The highest BCUT2D eigenvalue weighted by molar-refractivity contribution is 6.00. The number of nitriles is 1. The number of methoxy groups -OCH3 is 2. The molecule has 0 saturated heterocycles. The van der Waals surface area contributed by atoms with Crippen LogP contribution >= 0.6 is 0 Å². The summed E-state index contributed by atoms with van der Waals surface area (Å²) in [7, 11) is 2.93. The summed E-state index contributed by atoms with van der Waals surface area (Å²) in [6.07, 6.45) is 0. The van der Waals surface area contributed by atoms with Gasteiger partial charge in [0.05, 0.1) is 37.2 Å². The quantitative estimate of drug-likeness (QED) is 0.380. The topological polar surface area (TPSA) is 147 Å². The van der Waals surface area contributed by atoms with Crippen LogP contribution in [0.5, 0.6) is 11.5 Å². The average Bonchev–Trinajstić information content (AvgIpc) is 2.83. The lowest BCUT2D eigenvalue weighted by molar-refractivity contribution is -0.384. The highest BCUT2D eigenvalue weighted by Crippen LogP contribution is 2.46. The first-order valence-electron chi connectivity index (χ1n) is 9.81. The molecule has 170 valence electrons. The molecule has 0 radical (unpaired) electrons. The Morgan fingerprint density at radius 2 is 2.00 bits per heavy atom. The number of non-ortho nitro benzene ring substituents is 1. The van der Waals surface area contributed by atoms with Crippen molar-refractivity contribution in [2.75, 3.05) is 20.8 Å². The number of rotatable bonds is 7. The molecular formula is C23H21N3O7. The number of benzene rings is 2. The van der Waals surface area contributed by atoms with Gasteiger partial charge in [0.15, 0.2) is 0 Å². The zero-order valence-electron chi connectivity index (χ0n) is 18.2. The predicted octanol–water partition coefficient (Wildman–Crippen LogP) is 3.39. The molecule has 3 rings (SSSR count). The molecule has 0 aliphatic carbocycles. The number of nitrogens with zero attached hydrogens (tertiary/aromatic N) is 2. The second kappa shape index (κ2) is 9.74. The average molecular weight is 451 g/mol. The number of hydrogen-bond acceptors (Lipinski definition) is 9. The molecule has 0 aromatic heterocycles. The minimum absolute atomic E-state index is 0.0318. The number of ether oxygens (including phenoxy) is 4. The van der Waals surface area contributed by atoms with Gasteiger partial charge < -0.3 is 24.7 Å². The van der Waals surface area contributed by atoms with Gasteiger partial charge in [-0.25, -0.2) is 4.79 Å². The molecule has 0 spiro atoms. The van der Waals surface area contributed by atoms with E-state index >= 15 is 0 Å².